The van der Waals surface area contributed by atoms with Gasteiger partial charge in [-0.05, 0) is 11.6 Å². The van der Waals surface area contributed by atoms with E-state index in [0.29, 0.717) is 0 Å². The van der Waals surface area contributed by atoms with Gasteiger partial charge in [0.25, 0.3) is 0 Å². The van der Waals surface area contributed by atoms with Crippen LogP contribution in [-0.2, 0) is 6.18 Å². The number of benzene rings is 1. The highest BCUT2D eigenvalue weighted by atomic mass is 19.4. The zero-order valence-electron chi connectivity index (χ0n) is 7.75. The molecule has 80 valence electrons. The molecular formula is C11H9F3O. The highest BCUT2D eigenvalue weighted by Gasteiger charge is 2.34. The van der Waals surface area contributed by atoms with Gasteiger partial charge in [0.2, 0.25) is 0 Å². The van der Waals surface area contributed by atoms with Gasteiger partial charge in [-0.15, -0.1) is 6.42 Å². The average Bonchev–Trinajstić information content (AvgIpc) is 2.19. The number of rotatable bonds is 2. The van der Waals surface area contributed by atoms with Gasteiger partial charge in [0.05, 0.1) is 18.1 Å². The highest BCUT2D eigenvalue weighted by Crippen LogP contribution is 2.34. The lowest BCUT2D eigenvalue weighted by atomic mass is 9.95. The van der Waals surface area contributed by atoms with Crippen LogP contribution in [0.1, 0.15) is 17.0 Å². The van der Waals surface area contributed by atoms with Crippen molar-refractivity contribution in [2.75, 3.05) is 6.61 Å². The summed E-state index contributed by atoms with van der Waals surface area (Å²) in [7, 11) is 0. The standard InChI is InChI=1S/C11H9F3O/c1-2-8(7-15)9-5-3-4-6-10(9)11(12,13)14/h1,3-6,8,15H,7H2. The second-order valence-electron chi connectivity index (χ2n) is 2.99. The zero-order chi connectivity index (χ0) is 11.5. The fourth-order valence-electron chi connectivity index (χ4n) is 1.30. The summed E-state index contributed by atoms with van der Waals surface area (Å²) < 4.78 is 37.6. The van der Waals surface area contributed by atoms with Crippen molar-refractivity contribution < 1.29 is 18.3 Å². The fraction of sp³-hybridized carbons (Fsp3) is 0.273. The van der Waals surface area contributed by atoms with Crippen molar-refractivity contribution in [3.63, 3.8) is 0 Å². The molecule has 1 aromatic rings. The van der Waals surface area contributed by atoms with E-state index >= 15 is 0 Å². The molecule has 0 aliphatic rings. The Hall–Kier alpha value is -1.47. The van der Waals surface area contributed by atoms with Gasteiger partial charge < -0.3 is 5.11 Å². The first-order chi connectivity index (χ1) is 7.00. The smallest absolute Gasteiger partial charge is 0.395 e. The second kappa shape index (κ2) is 4.37. The molecule has 0 radical (unpaired) electrons. The molecule has 1 N–H and O–H groups in total. The Kier molecular flexibility index (Phi) is 3.38. The summed E-state index contributed by atoms with van der Waals surface area (Å²) in [5, 5.41) is 8.86. The van der Waals surface area contributed by atoms with E-state index in [4.69, 9.17) is 11.5 Å². The maximum absolute atomic E-state index is 12.5. The third kappa shape index (κ3) is 2.51. The molecule has 0 fully saturated rings. The lowest BCUT2D eigenvalue weighted by Crippen LogP contribution is -2.13. The van der Waals surface area contributed by atoms with Crippen molar-refractivity contribution in [1.82, 2.24) is 0 Å². The molecule has 0 heterocycles. The molecule has 0 aromatic heterocycles. The molecule has 15 heavy (non-hydrogen) atoms. The van der Waals surface area contributed by atoms with E-state index in [2.05, 4.69) is 5.92 Å². The van der Waals surface area contributed by atoms with Gasteiger partial charge in [-0.3, -0.25) is 0 Å². The molecule has 1 nitrogen and oxygen atoms in total. The summed E-state index contributed by atoms with van der Waals surface area (Å²) in [6, 6.07) is 4.99. The van der Waals surface area contributed by atoms with Gasteiger partial charge in [-0.25, -0.2) is 0 Å². The minimum absolute atomic E-state index is 0.0602. The Morgan fingerprint density at radius 1 is 1.33 bits per heavy atom. The topological polar surface area (TPSA) is 20.2 Å². The van der Waals surface area contributed by atoms with E-state index in [1.54, 1.807) is 0 Å². The molecule has 0 saturated heterocycles. The van der Waals surface area contributed by atoms with Crippen LogP contribution in [0, 0.1) is 12.3 Å². The first kappa shape index (κ1) is 11.6. The molecular weight excluding hydrogens is 205 g/mol. The summed E-state index contributed by atoms with van der Waals surface area (Å²) >= 11 is 0. The molecule has 0 bridgehead atoms. The molecule has 4 heteroatoms. The average molecular weight is 214 g/mol. The van der Waals surface area contributed by atoms with Crippen LogP contribution in [0.5, 0.6) is 0 Å². The Balaban J connectivity index is 3.24. The highest BCUT2D eigenvalue weighted by molar-refractivity contribution is 5.36. The Bertz CT molecular complexity index is 376. The fourth-order valence-corrected chi connectivity index (χ4v) is 1.30. The van der Waals surface area contributed by atoms with E-state index in [1.165, 1.54) is 18.2 Å². The monoisotopic (exact) mass is 214 g/mol. The molecule has 1 atom stereocenters. The van der Waals surface area contributed by atoms with Crippen LogP contribution in [0.25, 0.3) is 0 Å². The van der Waals surface area contributed by atoms with E-state index in [9.17, 15) is 13.2 Å². The maximum atomic E-state index is 12.5. The number of aliphatic hydroxyl groups excluding tert-OH is 1. The number of terminal acetylenes is 1. The van der Waals surface area contributed by atoms with Gasteiger partial charge in [0.15, 0.2) is 0 Å². The van der Waals surface area contributed by atoms with Gasteiger partial charge in [0.1, 0.15) is 0 Å². The van der Waals surface area contributed by atoms with E-state index < -0.39 is 24.3 Å². The Labute approximate surface area is 85.5 Å². The van der Waals surface area contributed by atoms with E-state index in [-0.39, 0.29) is 5.56 Å². The number of hydrogen-bond acceptors (Lipinski definition) is 1. The van der Waals surface area contributed by atoms with Crippen LogP contribution in [0.4, 0.5) is 13.2 Å². The molecule has 0 aliphatic carbocycles. The molecule has 1 aromatic carbocycles. The van der Waals surface area contributed by atoms with Crippen LogP contribution < -0.4 is 0 Å². The number of aliphatic hydroxyl groups is 1. The van der Waals surface area contributed by atoms with Gasteiger partial charge in [-0.2, -0.15) is 13.2 Å². The first-order valence-electron chi connectivity index (χ1n) is 4.23. The maximum Gasteiger partial charge on any atom is 0.416 e. The van der Waals surface area contributed by atoms with Crippen molar-refractivity contribution >= 4 is 0 Å². The SMILES string of the molecule is C#CC(CO)c1ccccc1C(F)(F)F. The van der Waals surface area contributed by atoms with E-state index in [1.807, 2.05) is 0 Å². The van der Waals surface area contributed by atoms with Gasteiger partial charge >= 0.3 is 6.18 Å². The normalized spacial score (nSPS) is 13.3. The summed E-state index contributed by atoms with van der Waals surface area (Å²) in [5.74, 6) is 1.22. The summed E-state index contributed by atoms with van der Waals surface area (Å²) in [4.78, 5) is 0. The zero-order valence-corrected chi connectivity index (χ0v) is 7.75. The third-order valence-corrected chi connectivity index (χ3v) is 2.03. The molecule has 1 unspecified atom stereocenters. The summed E-state index contributed by atoms with van der Waals surface area (Å²) in [6.07, 6.45) is 0.607. The number of halogens is 3. The largest absolute Gasteiger partial charge is 0.416 e. The lowest BCUT2D eigenvalue weighted by Gasteiger charge is -2.15. The van der Waals surface area contributed by atoms with Crippen molar-refractivity contribution in [1.29, 1.82) is 0 Å². The molecule has 0 amide bonds. The predicted octanol–water partition coefficient (Wildman–Crippen LogP) is 2.41. The minimum atomic E-state index is -4.44. The van der Waals surface area contributed by atoms with Crippen molar-refractivity contribution in [3.05, 3.63) is 35.4 Å². The second-order valence-corrected chi connectivity index (χ2v) is 2.99. The van der Waals surface area contributed by atoms with Crippen LogP contribution in [0.3, 0.4) is 0 Å². The van der Waals surface area contributed by atoms with E-state index in [0.717, 1.165) is 6.07 Å². The quantitative estimate of drug-likeness (QED) is 0.749. The van der Waals surface area contributed by atoms with Crippen molar-refractivity contribution in [2.45, 2.75) is 12.1 Å². The van der Waals surface area contributed by atoms with Crippen molar-refractivity contribution in [3.8, 4) is 12.3 Å². The van der Waals surface area contributed by atoms with Crippen molar-refractivity contribution in [2.24, 2.45) is 0 Å². The van der Waals surface area contributed by atoms with Gasteiger partial charge in [-0.1, -0.05) is 24.1 Å². The Morgan fingerprint density at radius 2 is 1.93 bits per heavy atom. The predicted molar refractivity (Wildman–Crippen MR) is 50.1 cm³/mol. The Morgan fingerprint density at radius 3 is 2.40 bits per heavy atom. The third-order valence-electron chi connectivity index (χ3n) is 2.03. The molecule has 1 rings (SSSR count). The van der Waals surface area contributed by atoms with Crippen LogP contribution in [0.2, 0.25) is 0 Å². The lowest BCUT2D eigenvalue weighted by molar-refractivity contribution is -0.138. The van der Waals surface area contributed by atoms with Crippen LogP contribution in [0.15, 0.2) is 24.3 Å². The van der Waals surface area contributed by atoms with Crippen LogP contribution in [-0.4, -0.2) is 11.7 Å². The number of hydrogen-bond donors (Lipinski definition) is 1. The molecule has 0 aliphatic heterocycles. The summed E-state index contributed by atoms with van der Waals surface area (Å²) in [6.45, 7) is -0.496. The minimum Gasteiger partial charge on any atom is -0.395 e. The molecule has 0 spiro atoms. The van der Waals surface area contributed by atoms with Crippen LogP contribution >= 0.6 is 0 Å². The molecule has 0 saturated carbocycles. The van der Waals surface area contributed by atoms with Gasteiger partial charge in [0, 0.05) is 0 Å². The summed E-state index contributed by atoms with van der Waals surface area (Å²) in [5.41, 5.74) is -0.850. The number of alkyl halides is 3. The first-order valence-corrected chi connectivity index (χ1v) is 4.23.